The molecule has 1 aromatic rings. The molecule has 0 heterocycles. The van der Waals surface area contributed by atoms with E-state index in [2.05, 4.69) is 0 Å². The summed E-state index contributed by atoms with van der Waals surface area (Å²) in [7, 11) is -3.28. The SMILES string of the molecule is Cc1cc(C(=O)CS(C)(=O)=O)ccc1N. The zero-order valence-electron chi connectivity index (χ0n) is 8.65. The van der Waals surface area contributed by atoms with Crippen LogP contribution in [0.2, 0.25) is 0 Å². The van der Waals surface area contributed by atoms with Crippen molar-refractivity contribution in [3.8, 4) is 0 Å². The molecule has 0 saturated carbocycles. The molecule has 0 saturated heterocycles. The van der Waals surface area contributed by atoms with Gasteiger partial charge in [0.2, 0.25) is 0 Å². The molecule has 0 aliphatic carbocycles. The van der Waals surface area contributed by atoms with Crippen molar-refractivity contribution in [2.75, 3.05) is 17.7 Å². The Hall–Kier alpha value is -1.36. The van der Waals surface area contributed by atoms with Crippen LogP contribution in [0.15, 0.2) is 18.2 Å². The third-order valence-corrected chi connectivity index (χ3v) is 2.77. The molecule has 5 heteroatoms. The Balaban J connectivity index is 2.98. The number of Topliss-reactive ketones (excluding diaryl/α,β-unsaturated/α-hetero) is 1. The summed E-state index contributed by atoms with van der Waals surface area (Å²) >= 11 is 0. The molecule has 0 radical (unpaired) electrons. The summed E-state index contributed by atoms with van der Waals surface area (Å²) in [5.41, 5.74) is 7.33. The molecule has 0 aliphatic rings. The van der Waals surface area contributed by atoms with E-state index in [9.17, 15) is 13.2 Å². The molecule has 1 rings (SSSR count). The molecular formula is C10H13NO3S. The average Bonchev–Trinajstić information content (AvgIpc) is 2.06. The number of nitrogens with two attached hydrogens (primary N) is 1. The number of nitrogen functional groups attached to an aromatic ring is 1. The van der Waals surface area contributed by atoms with E-state index in [1.807, 2.05) is 0 Å². The van der Waals surface area contributed by atoms with Gasteiger partial charge in [-0.1, -0.05) is 0 Å². The lowest BCUT2D eigenvalue weighted by Gasteiger charge is -2.03. The number of rotatable bonds is 3. The van der Waals surface area contributed by atoms with Crippen LogP contribution in [0.5, 0.6) is 0 Å². The Labute approximate surface area is 89.0 Å². The molecule has 0 aliphatic heterocycles. The molecule has 0 bridgehead atoms. The van der Waals surface area contributed by atoms with Crippen LogP contribution in [-0.2, 0) is 9.84 Å². The van der Waals surface area contributed by atoms with Gasteiger partial charge in [0.15, 0.2) is 15.6 Å². The van der Waals surface area contributed by atoms with Gasteiger partial charge in [-0.15, -0.1) is 0 Å². The first-order valence-corrected chi connectivity index (χ1v) is 6.43. The maximum Gasteiger partial charge on any atom is 0.177 e. The molecule has 0 aromatic heterocycles. The van der Waals surface area contributed by atoms with E-state index in [0.29, 0.717) is 11.3 Å². The zero-order chi connectivity index (χ0) is 11.6. The number of benzene rings is 1. The molecule has 15 heavy (non-hydrogen) atoms. The summed E-state index contributed by atoms with van der Waals surface area (Å²) < 4.78 is 21.8. The lowest BCUT2D eigenvalue weighted by molar-refractivity contribution is 0.102. The Morgan fingerprint density at radius 1 is 1.40 bits per heavy atom. The second-order valence-electron chi connectivity index (χ2n) is 3.56. The molecule has 2 N–H and O–H groups in total. The van der Waals surface area contributed by atoms with Crippen molar-refractivity contribution >= 4 is 21.3 Å². The normalized spacial score (nSPS) is 11.3. The molecule has 0 fully saturated rings. The maximum absolute atomic E-state index is 11.5. The first-order valence-electron chi connectivity index (χ1n) is 4.36. The highest BCUT2D eigenvalue weighted by molar-refractivity contribution is 7.91. The van der Waals surface area contributed by atoms with Crippen molar-refractivity contribution in [2.45, 2.75) is 6.92 Å². The average molecular weight is 227 g/mol. The summed E-state index contributed by atoms with van der Waals surface area (Å²) in [5, 5.41) is 0. The predicted molar refractivity (Wildman–Crippen MR) is 59.6 cm³/mol. The molecule has 4 nitrogen and oxygen atoms in total. The molecule has 0 spiro atoms. The van der Waals surface area contributed by atoms with Gasteiger partial charge in [-0.25, -0.2) is 8.42 Å². The van der Waals surface area contributed by atoms with Crippen LogP contribution in [0.25, 0.3) is 0 Å². The molecule has 82 valence electrons. The van der Waals surface area contributed by atoms with Crippen LogP contribution in [0, 0.1) is 6.92 Å². The van der Waals surface area contributed by atoms with Crippen LogP contribution in [0.4, 0.5) is 5.69 Å². The van der Waals surface area contributed by atoms with Crippen molar-refractivity contribution < 1.29 is 13.2 Å². The monoisotopic (exact) mass is 227 g/mol. The minimum atomic E-state index is -3.28. The Morgan fingerprint density at radius 3 is 2.47 bits per heavy atom. The van der Waals surface area contributed by atoms with Crippen molar-refractivity contribution in [3.05, 3.63) is 29.3 Å². The van der Waals surface area contributed by atoms with Crippen LogP contribution in [0.1, 0.15) is 15.9 Å². The summed E-state index contributed by atoms with van der Waals surface area (Å²) in [6.07, 6.45) is 1.04. The number of sulfone groups is 1. The van der Waals surface area contributed by atoms with Gasteiger partial charge in [-0.3, -0.25) is 4.79 Å². The van der Waals surface area contributed by atoms with E-state index in [-0.39, 0.29) is 0 Å². The molecule has 0 unspecified atom stereocenters. The number of hydrogen-bond acceptors (Lipinski definition) is 4. The minimum absolute atomic E-state index is 0.382. The van der Waals surface area contributed by atoms with Crippen LogP contribution < -0.4 is 5.73 Å². The Kier molecular flexibility index (Phi) is 3.14. The highest BCUT2D eigenvalue weighted by Crippen LogP contribution is 2.13. The summed E-state index contributed by atoms with van der Waals surface area (Å²) in [6, 6.07) is 4.74. The minimum Gasteiger partial charge on any atom is -0.399 e. The van der Waals surface area contributed by atoms with Crippen molar-refractivity contribution in [2.24, 2.45) is 0 Å². The van der Waals surface area contributed by atoms with Gasteiger partial charge in [0.25, 0.3) is 0 Å². The van der Waals surface area contributed by atoms with Gasteiger partial charge in [0.05, 0.1) is 0 Å². The first-order chi connectivity index (χ1) is 6.79. The third kappa shape index (κ3) is 3.36. The van der Waals surface area contributed by atoms with Crippen LogP contribution in [-0.4, -0.2) is 26.2 Å². The van der Waals surface area contributed by atoms with Crippen LogP contribution in [0.3, 0.4) is 0 Å². The highest BCUT2D eigenvalue weighted by atomic mass is 32.2. The van der Waals surface area contributed by atoms with Crippen molar-refractivity contribution in [1.29, 1.82) is 0 Å². The van der Waals surface area contributed by atoms with E-state index >= 15 is 0 Å². The smallest absolute Gasteiger partial charge is 0.177 e. The second-order valence-corrected chi connectivity index (χ2v) is 5.70. The van der Waals surface area contributed by atoms with E-state index in [0.717, 1.165) is 11.8 Å². The van der Waals surface area contributed by atoms with Gasteiger partial charge in [0, 0.05) is 17.5 Å². The maximum atomic E-state index is 11.5. The quantitative estimate of drug-likeness (QED) is 0.612. The third-order valence-electron chi connectivity index (χ3n) is 1.99. The fourth-order valence-corrected chi connectivity index (χ4v) is 1.81. The summed E-state index contributed by atoms with van der Waals surface area (Å²) in [5.74, 6) is -0.864. The standard InChI is InChI=1S/C10H13NO3S/c1-7-5-8(3-4-9(7)11)10(12)6-15(2,13)14/h3-5H,6,11H2,1-2H3. The summed E-state index contributed by atoms with van der Waals surface area (Å²) in [4.78, 5) is 11.5. The molecule has 1 aromatic carbocycles. The lowest BCUT2D eigenvalue weighted by Crippen LogP contribution is -2.14. The summed E-state index contributed by atoms with van der Waals surface area (Å²) in [6.45, 7) is 1.77. The van der Waals surface area contributed by atoms with E-state index in [4.69, 9.17) is 5.73 Å². The zero-order valence-corrected chi connectivity index (χ0v) is 9.47. The number of anilines is 1. The largest absolute Gasteiger partial charge is 0.399 e. The van der Waals surface area contributed by atoms with Crippen molar-refractivity contribution in [1.82, 2.24) is 0 Å². The fourth-order valence-electron chi connectivity index (χ4n) is 1.17. The van der Waals surface area contributed by atoms with Gasteiger partial charge >= 0.3 is 0 Å². The number of carbonyl (C=O) groups excluding carboxylic acids is 1. The van der Waals surface area contributed by atoms with Gasteiger partial charge in [-0.2, -0.15) is 0 Å². The molecule has 0 atom stereocenters. The second kappa shape index (κ2) is 4.02. The number of aryl methyl sites for hydroxylation is 1. The number of carbonyl (C=O) groups is 1. The topological polar surface area (TPSA) is 77.2 Å². The van der Waals surface area contributed by atoms with Gasteiger partial charge < -0.3 is 5.73 Å². The Morgan fingerprint density at radius 2 is 2.00 bits per heavy atom. The predicted octanol–water partition coefficient (Wildman–Crippen LogP) is 0.805. The highest BCUT2D eigenvalue weighted by Gasteiger charge is 2.13. The van der Waals surface area contributed by atoms with E-state index in [1.165, 1.54) is 6.07 Å². The molecular weight excluding hydrogens is 214 g/mol. The van der Waals surface area contributed by atoms with Crippen molar-refractivity contribution in [3.63, 3.8) is 0 Å². The number of hydrogen-bond donors (Lipinski definition) is 1. The first kappa shape index (κ1) is 11.7. The van der Waals surface area contributed by atoms with Crippen LogP contribution >= 0.6 is 0 Å². The molecule has 0 amide bonds. The fraction of sp³-hybridized carbons (Fsp3) is 0.300. The van der Waals surface area contributed by atoms with E-state index < -0.39 is 21.4 Å². The van der Waals surface area contributed by atoms with Gasteiger partial charge in [-0.05, 0) is 30.7 Å². The Bertz CT molecular complexity index is 491. The van der Waals surface area contributed by atoms with Gasteiger partial charge in [0.1, 0.15) is 5.75 Å². The number of ketones is 1. The van der Waals surface area contributed by atoms with E-state index in [1.54, 1.807) is 19.1 Å². The lowest BCUT2D eigenvalue weighted by atomic mass is 10.1.